The Bertz CT molecular complexity index is 783. The van der Waals surface area contributed by atoms with Crippen LogP contribution >= 0.6 is 11.6 Å². The number of carbonyl (C=O) groups excluding carboxylic acids is 1. The topological polar surface area (TPSA) is 58.6 Å². The van der Waals surface area contributed by atoms with Crippen LogP contribution in [0.25, 0.3) is 0 Å². The van der Waals surface area contributed by atoms with E-state index in [0.29, 0.717) is 29.6 Å². The van der Waals surface area contributed by atoms with Crippen LogP contribution in [-0.2, 0) is 0 Å². The summed E-state index contributed by atoms with van der Waals surface area (Å²) in [5, 5.41) is 9.22. The van der Waals surface area contributed by atoms with Crippen LogP contribution < -0.4 is 9.64 Å². The number of ether oxygens (including phenoxy) is 1. The highest BCUT2D eigenvalue weighted by molar-refractivity contribution is 6.30. The first-order valence-corrected chi connectivity index (χ1v) is 10.4. The molecule has 1 aromatic carbocycles. The number of benzene rings is 1. The fourth-order valence-electron chi connectivity index (χ4n) is 3.81. The molecule has 0 atom stereocenters. The van der Waals surface area contributed by atoms with E-state index in [2.05, 4.69) is 15.1 Å². The molecule has 2 fully saturated rings. The van der Waals surface area contributed by atoms with Crippen molar-refractivity contribution in [3.05, 3.63) is 47.0 Å². The van der Waals surface area contributed by atoms with E-state index < -0.39 is 0 Å². The van der Waals surface area contributed by atoms with Gasteiger partial charge in [-0.2, -0.15) is 0 Å². The number of aromatic nitrogens is 2. The zero-order valence-corrected chi connectivity index (χ0v) is 16.6. The number of halogens is 1. The monoisotopic (exact) mass is 400 g/mol. The second kappa shape index (κ2) is 8.78. The Labute approximate surface area is 170 Å². The van der Waals surface area contributed by atoms with Gasteiger partial charge in [0.25, 0.3) is 5.91 Å². The summed E-state index contributed by atoms with van der Waals surface area (Å²) in [5.41, 5.74) is 0.668. The van der Waals surface area contributed by atoms with Crippen LogP contribution in [0.2, 0.25) is 5.02 Å². The molecule has 1 aliphatic carbocycles. The van der Waals surface area contributed by atoms with Gasteiger partial charge in [0, 0.05) is 42.8 Å². The second-order valence-electron chi connectivity index (χ2n) is 7.39. The maximum atomic E-state index is 12.6. The number of hydrogen-bond acceptors (Lipinski definition) is 5. The molecule has 7 heteroatoms. The van der Waals surface area contributed by atoms with Gasteiger partial charge in [-0.1, -0.05) is 18.0 Å². The predicted molar refractivity (Wildman–Crippen MR) is 109 cm³/mol. The number of carbonyl (C=O) groups is 1. The summed E-state index contributed by atoms with van der Waals surface area (Å²) in [6, 6.07) is 10.9. The molecular weight excluding hydrogens is 376 g/mol. The van der Waals surface area contributed by atoms with Crippen molar-refractivity contribution in [3.8, 4) is 5.88 Å². The zero-order valence-electron chi connectivity index (χ0n) is 15.9. The fourth-order valence-corrected chi connectivity index (χ4v) is 3.94. The van der Waals surface area contributed by atoms with Gasteiger partial charge in [-0.05, 0) is 56.0 Å². The minimum absolute atomic E-state index is 0.0404. The van der Waals surface area contributed by atoms with Crippen molar-refractivity contribution in [2.45, 2.75) is 38.2 Å². The molecule has 1 aliphatic heterocycles. The molecule has 2 aliphatic rings. The van der Waals surface area contributed by atoms with Gasteiger partial charge < -0.3 is 14.5 Å². The van der Waals surface area contributed by atoms with Crippen molar-refractivity contribution in [3.63, 3.8) is 0 Å². The molecule has 6 nitrogen and oxygen atoms in total. The highest BCUT2D eigenvalue weighted by atomic mass is 35.5. The van der Waals surface area contributed by atoms with Gasteiger partial charge in [0.1, 0.15) is 6.10 Å². The molecule has 4 rings (SSSR count). The van der Waals surface area contributed by atoms with E-state index in [1.807, 2.05) is 17.0 Å². The average Bonchev–Trinajstić information content (AvgIpc) is 2.75. The number of piperazine rings is 1. The lowest BCUT2D eigenvalue weighted by Crippen LogP contribution is -2.49. The van der Waals surface area contributed by atoms with Gasteiger partial charge in [0.15, 0.2) is 5.82 Å². The highest BCUT2D eigenvalue weighted by Gasteiger charge is 2.23. The van der Waals surface area contributed by atoms with Crippen molar-refractivity contribution in [2.24, 2.45) is 0 Å². The van der Waals surface area contributed by atoms with E-state index in [4.69, 9.17) is 16.3 Å². The molecule has 0 unspecified atom stereocenters. The average molecular weight is 401 g/mol. The molecule has 2 heterocycles. The van der Waals surface area contributed by atoms with Crippen molar-refractivity contribution >= 4 is 23.3 Å². The zero-order chi connectivity index (χ0) is 19.3. The van der Waals surface area contributed by atoms with E-state index in [-0.39, 0.29) is 12.0 Å². The molecule has 0 N–H and O–H groups in total. The SMILES string of the molecule is O=C(c1ccc(Cl)cc1)N1CCN(c2ccc(OC3CCCCC3)nn2)CC1. The van der Waals surface area contributed by atoms with Crippen LogP contribution in [0.4, 0.5) is 5.82 Å². The van der Waals surface area contributed by atoms with Crippen molar-refractivity contribution in [1.82, 2.24) is 15.1 Å². The van der Waals surface area contributed by atoms with Crippen LogP contribution in [0.3, 0.4) is 0 Å². The molecule has 1 aromatic heterocycles. The van der Waals surface area contributed by atoms with Crippen molar-refractivity contribution in [1.29, 1.82) is 0 Å². The van der Waals surface area contributed by atoms with Crippen LogP contribution in [0, 0.1) is 0 Å². The minimum Gasteiger partial charge on any atom is -0.473 e. The largest absolute Gasteiger partial charge is 0.473 e. The second-order valence-corrected chi connectivity index (χ2v) is 7.83. The first-order chi connectivity index (χ1) is 13.7. The van der Waals surface area contributed by atoms with Crippen molar-refractivity contribution < 1.29 is 9.53 Å². The lowest BCUT2D eigenvalue weighted by molar-refractivity contribution is 0.0746. The van der Waals surface area contributed by atoms with Gasteiger partial charge in [0.2, 0.25) is 5.88 Å². The van der Waals surface area contributed by atoms with Crippen LogP contribution in [0.1, 0.15) is 42.5 Å². The summed E-state index contributed by atoms with van der Waals surface area (Å²) in [6.45, 7) is 2.78. The number of anilines is 1. The third-order valence-electron chi connectivity index (χ3n) is 5.45. The van der Waals surface area contributed by atoms with Crippen LogP contribution in [0.15, 0.2) is 36.4 Å². The fraction of sp³-hybridized carbons (Fsp3) is 0.476. The minimum atomic E-state index is 0.0404. The Kier molecular flexibility index (Phi) is 5.95. The molecular formula is C21H25ClN4O2. The summed E-state index contributed by atoms with van der Waals surface area (Å²) in [4.78, 5) is 16.6. The van der Waals surface area contributed by atoms with E-state index in [1.165, 1.54) is 19.3 Å². The van der Waals surface area contributed by atoms with E-state index in [9.17, 15) is 4.79 Å². The quantitative estimate of drug-likeness (QED) is 0.781. The maximum absolute atomic E-state index is 12.6. The van der Waals surface area contributed by atoms with Crippen LogP contribution in [-0.4, -0.2) is 53.3 Å². The third kappa shape index (κ3) is 4.55. The van der Waals surface area contributed by atoms with Gasteiger partial charge in [-0.15, -0.1) is 10.2 Å². The Balaban J connectivity index is 1.30. The van der Waals surface area contributed by atoms with E-state index >= 15 is 0 Å². The molecule has 0 bridgehead atoms. The molecule has 28 heavy (non-hydrogen) atoms. The Morgan fingerprint density at radius 1 is 0.929 bits per heavy atom. The van der Waals surface area contributed by atoms with Crippen LogP contribution in [0.5, 0.6) is 5.88 Å². The molecule has 0 radical (unpaired) electrons. The lowest BCUT2D eigenvalue weighted by Gasteiger charge is -2.35. The summed E-state index contributed by atoms with van der Waals surface area (Å²) >= 11 is 5.90. The first kappa shape index (κ1) is 19.0. The summed E-state index contributed by atoms with van der Waals surface area (Å²) in [6.07, 6.45) is 6.25. The number of nitrogens with zero attached hydrogens (tertiary/aromatic N) is 4. The van der Waals surface area contributed by atoms with Gasteiger partial charge in [0.05, 0.1) is 0 Å². The highest BCUT2D eigenvalue weighted by Crippen LogP contribution is 2.23. The molecule has 148 valence electrons. The van der Waals surface area contributed by atoms with Crippen molar-refractivity contribution in [2.75, 3.05) is 31.1 Å². The van der Waals surface area contributed by atoms with Gasteiger partial charge >= 0.3 is 0 Å². The Hall–Kier alpha value is -2.34. The lowest BCUT2D eigenvalue weighted by atomic mass is 9.98. The number of rotatable bonds is 4. The molecule has 2 aromatic rings. The van der Waals surface area contributed by atoms with Gasteiger partial charge in [-0.25, -0.2) is 0 Å². The summed E-state index contributed by atoms with van der Waals surface area (Å²) < 4.78 is 5.95. The Morgan fingerprint density at radius 3 is 2.29 bits per heavy atom. The smallest absolute Gasteiger partial charge is 0.253 e. The molecule has 1 amide bonds. The number of amides is 1. The predicted octanol–water partition coefficient (Wildman–Crippen LogP) is 3.80. The molecule has 0 spiro atoms. The Morgan fingerprint density at radius 2 is 1.64 bits per heavy atom. The van der Waals surface area contributed by atoms with E-state index in [0.717, 1.165) is 31.7 Å². The van der Waals surface area contributed by atoms with Gasteiger partial charge in [-0.3, -0.25) is 4.79 Å². The number of hydrogen-bond donors (Lipinski definition) is 0. The standard InChI is InChI=1S/C21H25ClN4O2/c22-17-8-6-16(7-9-17)21(27)26-14-12-25(13-15-26)19-10-11-20(24-23-19)28-18-4-2-1-3-5-18/h6-11,18H,1-5,12-15H2. The summed E-state index contributed by atoms with van der Waals surface area (Å²) in [7, 11) is 0. The maximum Gasteiger partial charge on any atom is 0.253 e. The molecule has 1 saturated carbocycles. The van der Waals surface area contributed by atoms with E-state index in [1.54, 1.807) is 24.3 Å². The third-order valence-corrected chi connectivity index (χ3v) is 5.70. The summed E-state index contributed by atoms with van der Waals surface area (Å²) in [5.74, 6) is 1.47. The first-order valence-electron chi connectivity index (χ1n) is 9.99. The molecule has 1 saturated heterocycles. The normalized spacial score (nSPS) is 18.2.